The zero-order chi connectivity index (χ0) is 16.6. The Morgan fingerprint density at radius 3 is 2.41 bits per heavy atom. The summed E-state index contributed by atoms with van der Waals surface area (Å²) in [6, 6.07) is 8.45. The molecule has 0 radical (unpaired) electrons. The molecule has 1 rings (SSSR count). The number of ether oxygens (including phenoxy) is 1. The minimum atomic E-state index is -0.390. The molecular formula is C19H29BrO2. The number of esters is 1. The summed E-state index contributed by atoms with van der Waals surface area (Å²) in [6.45, 7) is 8.50. The summed E-state index contributed by atoms with van der Waals surface area (Å²) < 4.78 is 6.48. The van der Waals surface area contributed by atoms with Crippen molar-refractivity contribution in [1.82, 2.24) is 0 Å². The molecule has 1 aromatic rings. The zero-order valence-corrected chi connectivity index (χ0v) is 15.9. The van der Waals surface area contributed by atoms with Gasteiger partial charge in [0.05, 0.1) is 12.0 Å². The van der Waals surface area contributed by atoms with Crippen LogP contribution in [-0.2, 0) is 9.53 Å². The van der Waals surface area contributed by atoms with E-state index in [1.54, 1.807) is 0 Å². The van der Waals surface area contributed by atoms with Gasteiger partial charge in [0.15, 0.2) is 0 Å². The van der Waals surface area contributed by atoms with Crippen molar-refractivity contribution in [3.8, 4) is 0 Å². The Morgan fingerprint density at radius 2 is 1.77 bits per heavy atom. The van der Waals surface area contributed by atoms with Crippen molar-refractivity contribution in [2.24, 2.45) is 5.41 Å². The summed E-state index contributed by atoms with van der Waals surface area (Å²) >= 11 is 3.62. The summed E-state index contributed by atoms with van der Waals surface area (Å²) in [5.74, 6) is 0.476. The molecule has 0 amide bonds. The summed E-state index contributed by atoms with van der Waals surface area (Å²) in [7, 11) is 0. The molecule has 124 valence electrons. The van der Waals surface area contributed by atoms with Crippen LogP contribution in [-0.4, -0.2) is 12.6 Å². The lowest BCUT2D eigenvalue weighted by Crippen LogP contribution is -2.23. The van der Waals surface area contributed by atoms with Gasteiger partial charge in [-0.2, -0.15) is 0 Å². The van der Waals surface area contributed by atoms with E-state index in [1.165, 1.54) is 29.3 Å². The van der Waals surface area contributed by atoms with Gasteiger partial charge in [0.1, 0.15) is 0 Å². The van der Waals surface area contributed by atoms with E-state index in [2.05, 4.69) is 47.1 Å². The molecule has 0 heterocycles. The number of carbonyl (C=O) groups is 1. The molecule has 22 heavy (non-hydrogen) atoms. The van der Waals surface area contributed by atoms with Gasteiger partial charge in [-0.3, -0.25) is 4.79 Å². The van der Waals surface area contributed by atoms with Crippen LogP contribution in [0.4, 0.5) is 0 Å². The Kier molecular flexibility index (Phi) is 8.16. The molecule has 0 saturated carbocycles. The number of hydrogen-bond donors (Lipinski definition) is 0. The predicted molar refractivity (Wildman–Crippen MR) is 96.1 cm³/mol. The largest absolute Gasteiger partial charge is 0.465 e. The third-order valence-corrected chi connectivity index (χ3v) is 4.54. The SMILES string of the molecule is CC(CCCCCCOC(=O)C(C)(C)C)c1ccccc1Br. The van der Waals surface area contributed by atoms with Crippen molar-refractivity contribution in [3.63, 3.8) is 0 Å². The summed E-state index contributed by atoms with van der Waals surface area (Å²) in [4.78, 5) is 11.6. The molecule has 0 aliphatic rings. The predicted octanol–water partition coefficient (Wildman–Crippen LogP) is 6.09. The number of unbranched alkanes of at least 4 members (excludes halogenated alkanes) is 3. The highest BCUT2D eigenvalue weighted by Crippen LogP contribution is 2.28. The molecule has 2 nitrogen and oxygen atoms in total. The maximum absolute atomic E-state index is 11.6. The van der Waals surface area contributed by atoms with Gasteiger partial charge in [-0.05, 0) is 51.2 Å². The maximum atomic E-state index is 11.6. The number of halogens is 1. The molecule has 0 spiro atoms. The first-order valence-electron chi connectivity index (χ1n) is 8.24. The van der Waals surface area contributed by atoms with E-state index in [0.717, 1.165) is 12.8 Å². The Hall–Kier alpha value is -0.830. The first kappa shape index (κ1) is 19.2. The second-order valence-corrected chi connectivity index (χ2v) is 7.87. The van der Waals surface area contributed by atoms with E-state index in [1.807, 2.05) is 20.8 Å². The summed E-state index contributed by atoms with van der Waals surface area (Å²) in [5.41, 5.74) is 1.00. The van der Waals surface area contributed by atoms with Gasteiger partial charge in [0.2, 0.25) is 0 Å². The van der Waals surface area contributed by atoms with Gasteiger partial charge < -0.3 is 4.74 Å². The van der Waals surface area contributed by atoms with Crippen molar-refractivity contribution in [2.75, 3.05) is 6.61 Å². The highest BCUT2D eigenvalue weighted by Gasteiger charge is 2.22. The van der Waals surface area contributed by atoms with E-state index in [-0.39, 0.29) is 5.97 Å². The number of rotatable bonds is 8. The fourth-order valence-electron chi connectivity index (χ4n) is 2.32. The summed E-state index contributed by atoms with van der Waals surface area (Å²) in [5, 5.41) is 0. The van der Waals surface area contributed by atoms with Gasteiger partial charge in [-0.15, -0.1) is 0 Å². The molecule has 0 fully saturated rings. The van der Waals surface area contributed by atoms with Gasteiger partial charge in [-0.25, -0.2) is 0 Å². The van der Waals surface area contributed by atoms with Crippen LogP contribution < -0.4 is 0 Å². The van der Waals surface area contributed by atoms with Crippen LogP contribution in [0.5, 0.6) is 0 Å². The Morgan fingerprint density at radius 1 is 1.14 bits per heavy atom. The van der Waals surface area contributed by atoms with Crippen molar-refractivity contribution in [3.05, 3.63) is 34.3 Å². The normalized spacial score (nSPS) is 13.0. The van der Waals surface area contributed by atoms with Crippen molar-refractivity contribution >= 4 is 21.9 Å². The molecule has 0 bridgehead atoms. The first-order chi connectivity index (χ1) is 10.3. The van der Waals surface area contributed by atoms with Crippen LogP contribution in [0.3, 0.4) is 0 Å². The second-order valence-electron chi connectivity index (χ2n) is 7.01. The summed E-state index contributed by atoms with van der Waals surface area (Å²) in [6.07, 6.45) is 5.70. The number of hydrogen-bond acceptors (Lipinski definition) is 2. The molecule has 0 saturated heterocycles. The maximum Gasteiger partial charge on any atom is 0.311 e. The van der Waals surface area contributed by atoms with Crippen LogP contribution >= 0.6 is 15.9 Å². The van der Waals surface area contributed by atoms with Gasteiger partial charge in [0.25, 0.3) is 0 Å². The lowest BCUT2D eigenvalue weighted by Gasteiger charge is -2.16. The second kappa shape index (κ2) is 9.34. The van der Waals surface area contributed by atoms with Crippen molar-refractivity contribution in [2.45, 2.75) is 65.7 Å². The molecule has 0 N–H and O–H groups in total. The minimum Gasteiger partial charge on any atom is -0.465 e. The lowest BCUT2D eigenvalue weighted by atomic mass is 9.95. The van der Waals surface area contributed by atoms with Crippen LogP contribution in [0.15, 0.2) is 28.7 Å². The standard InChI is InChI=1S/C19H29BrO2/c1-15(16-12-8-9-13-17(16)20)11-7-5-6-10-14-22-18(21)19(2,3)4/h8-9,12-13,15H,5-7,10-11,14H2,1-4H3. The fourth-order valence-corrected chi connectivity index (χ4v) is 2.99. The molecule has 3 heteroatoms. The molecule has 0 aromatic heterocycles. The fraction of sp³-hybridized carbons (Fsp3) is 0.632. The average molecular weight is 369 g/mol. The Balaban J connectivity index is 2.11. The molecule has 1 unspecified atom stereocenters. The van der Waals surface area contributed by atoms with Gasteiger partial charge in [-0.1, -0.05) is 60.3 Å². The lowest BCUT2D eigenvalue weighted by molar-refractivity contribution is -0.153. The monoisotopic (exact) mass is 368 g/mol. The third kappa shape index (κ3) is 6.95. The van der Waals surface area contributed by atoms with Crippen molar-refractivity contribution in [1.29, 1.82) is 0 Å². The molecule has 0 aliphatic heterocycles. The van der Waals surface area contributed by atoms with E-state index in [0.29, 0.717) is 12.5 Å². The molecule has 1 atom stereocenters. The number of benzene rings is 1. The molecular weight excluding hydrogens is 340 g/mol. The van der Waals surface area contributed by atoms with Crippen LogP contribution in [0.2, 0.25) is 0 Å². The van der Waals surface area contributed by atoms with Crippen molar-refractivity contribution < 1.29 is 9.53 Å². The van der Waals surface area contributed by atoms with Gasteiger partial charge in [0, 0.05) is 4.47 Å². The Labute approximate surface area is 143 Å². The number of carbonyl (C=O) groups excluding carboxylic acids is 1. The van der Waals surface area contributed by atoms with Crippen LogP contribution in [0, 0.1) is 5.41 Å². The Bertz CT molecular complexity index is 463. The first-order valence-corrected chi connectivity index (χ1v) is 9.03. The van der Waals surface area contributed by atoms with E-state index < -0.39 is 5.41 Å². The smallest absolute Gasteiger partial charge is 0.311 e. The van der Waals surface area contributed by atoms with Crippen LogP contribution in [0.25, 0.3) is 0 Å². The molecule has 1 aromatic carbocycles. The minimum absolute atomic E-state index is 0.102. The van der Waals surface area contributed by atoms with E-state index in [9.17, 15) is 4.79 Å². The van der Waals surface area contributed by atoms with E-state index >= 15 is 0 Å². The topological polar surface area (TPSA) is 26.3 Å². The zero-order valence-electron chi connectivity index (χ0n) is 14.3. The highest BCUT2D eigenvalue weighted by molar-refractivity contribution is 9.10. The van der Waals surface area contributed by atoms with Gasteiger partial charge >= 0.3 is 5.97 Å². The average Bonchev–Trinajstić information content (AvgIpc) is 2.45. The van der Waals surface area contributed by atoms with Crippen LogP contribution in [0.1, 0.15) is 71.3 Å². The highest BCUT2D eigenvalue weighted by atomic mass is 79.9. The van der Waals surface area contributed by atoms with E-state index in [4.69, 9.17) is 4.74 Å². The molecule has 0 aliphatic carbocycles. The third-order valence-electron chi connectivity index (χ3n) is 3.81. The quantitative estimate of drug-likeness (QED) is 0.409.